The minimum absolute atomic E-state index is 0.181. The molecule has 0 aliphatic heterocycles. The lowest BCUT2D eigenvalue weighted by atomic mass is 10.1. The maximum absolute atomic E-state index is 5.91. The normalized spacial score (nSPS) is 11.9. The van der Waals surface area contributed by atoms with E-state index in [1.807, 2.05) is 48.5 Å². The van der Waals surface area contributed by atoms with Crippen molar-refractivity contribution in [3.63, 3.8) is 0 Å². The van der Waals surface area contributed by atoms with Crippen molar-refractivity contribution in [1.29, 1.82) is 0 Å². The highest BCUT2D eigenvalue weighted by atomic mass is 16.5. The molecule has 0 aliphatic carbocycles. The fourth-order valence-corrected chi connectivity index (χ4v) is 2.57. The highest BCUT2D eigenvalue weighted by Crippen LogP contribution is 2.31. The molecule has 1 unspecified atom stereocenters. The zero-order valence-corrected chi connectivity index (χ0v) is 14.5. The molecule has 0 amide bonds. The Morgan fingerprint density at radius 1 is 1.08 bits per heavy atom. The second-order valence-corrected chi connectivity index (χ2v) is 5.87. The summed E-state index contributed by atoms with van der Waals surface area (Å²) in [5.74, 6) is 1.49. The molecular formula is C20H23N3O2. The summed E-state index contributed by atoms with van der Waals surface area (Å²) < 4.78 is 11.4. The number of aromatic nitrogens is 2. The highest BCUT2D eigenvalue weighted by molar-refractivity contribution is 5.44. The van der Waals surface area contributed by atoms with E-state index in [4.69, 9.17) is 9.47 Å². The van der Waals surface area contributed by atoms with Crippen molar-refractivity contribution >= 4 is 0 Å². The van der Waals surface area contributed by atoms with E-state index in [9.17, 15) is 0 Å². The van der Waals surface area contributed by atoms with E-state index < -0.39 is 0 Å². The smallest absolute Gasteiger partial charge is 0.161 e. The lowest BCUT2D eigenvalue weighted by Crippen LogP contribution is -2.18. The van der Waals surface area contributed by atoms with Crippen LogP contribution in [0.2, 0.25) is 0 Å². The highest BCUT2D eigenvalue weighted by Gasteiger charge is 2.11. The van der Waals surface area contributed by atoms with Crippen molar-refractivity contribution in [2.24, 2.45) is 0 Å². The number of nitrogens with zero attached hydrogens (tertiary/aromatic N) is 1. The number of benzene rings is 2. The molecule has 3 aromatic rings. The molecule has 2 aromatic carbocycles. The summed E-state index contributed by atoms with van der Waals surface area (Å²) in [4.78, 5) is 0. The SMILES string of the molecule is COc1cc(C(C)NCc2ccn[nH]2)ccc1OCc1ccccc1. The minimum atomic E-state index is 0.181. The first-order chi connectivity index (χ1) is 12.3. The fraction of sp³-hybridized carbons (Fsp3) is 0.250. The standard InChI is InChI=1S/C20H23N3O2/c1-15(21-13-18-10-11-22-23-18)17-8-9-19(20(12-17)24-2)25-14-16-6-4-3-5-7-16/h3-12,15,21H,13-14H2,1-2H3,(H,22,23). The number of hydrogen-bond donors (Lipinski definition) is 2. The monoisotopic (exact) mass is 337 g/mol. The van der Waals surface area contributed by atoms with Gasteiger partial charge in [0.2, 0.25) is 0 Å². The van der Waals surface area contributed by atoms with Gasteiger partial charge in [-0.3, -0.25) is 5.10 Å². The van der Waals surface area contributed by atoms with Gasteiger partial charge in [-0.15, -0.1) is 0 Å². The summed E-state index contributed by atoms with van der Waals surface area (Å²) in [5.41, 5.74) is 3.33. The molecule has 0 fully saturated rings. The van der Waals surface area contributed by atoms with Crippen LogP contribution in [0.4, 0.5) is 0 Å². The molecule has 1 heterocycles. The van der Waals surface area contributed by atoms with Gasteiger partial charge in [0, 0.05) is 24.5 Å². The molecule has 0 spiro atoms. The van der Waals surface area contributed by atoms with Crippen molar-refractivity contribution < 1.29 is 9.47 Å². The van der Waals surface area contributed by atoms with Gasteiger partial charge in [0.1, 0.15) is 6.61 Å². The van der Waals surface area contributed by atoms with Crippen LogP contribution in [0.1, 0.15) is 29.8 Å². The van der Waals surface area contributed by atoms with Crippen molar-refractivity contribution in [3.05, 3.63) is 77.6 Å². The second-order valence-electron chi connectivity index (χ2n) is 5.87. The maximum Gasteiger partial charge on any atom is 0.161 e. The minimum Gasteiger partial charge on any atom is -0.493 e. The fourth-order valence-electron chi connectivity index (χ4n) is 2.57. The van der Waals surface area contributed by atoms with Crippen molar-refractivity contribution in [2.75, 3.05) is 7.11 Å². The predicted molar refractivity (Wildman–Crippen MR) is 97.6 cm³/mol. The number of rotatable bonds is 8. The third-order valence-electron chi connectivity index (χ3n) is 4.08. The second kappa shape index (κ2) is 8.35. The molecular weight excluding hydrogens is 314 g/mol. The summed E-state index contributed by atoms with van der Waals surface area (Å²) in [6.07, 6.45) is 1.75. The number of H-pyrrole nitrogens is 1. The average molecular weight is 337 g/mol. The van der Waals surface area contributed by atoms with Gasteiger partial charge in [0.25, 0.3) is 0 Å². The zero-order chi connectivity index (χ0) is 17.5. The largest absolute Gasteiger partial charge is 0.493 e. The van der Waals surface area contributed by atoms with Gasteiger partial charge >= 0.3 is 0 Å². The maximum atomic E-state index is 5.91. The van der Waals surface area contributed by atoms with E-state index in [0.29, 0.717) is 6.61 Å². The zero-order valence-electron chi connectivity index (χ0n) is 14.5. The first-order valence-corrected chi connectivity index (χ1v) is 8.32. The van der Waals surface area contributed by atoms with E-state index in [2.05, 4.69) is 28.5 Å². The Kier molecular flexibility index (Phi) is 5.69. The molecule has 0 bridgehead atoms. The van der Waals surface area contributed by atoms with Crippen LogP contribution < -0.4 is 14.8 Å². The Morgan fingerprint density at radius 2 is 1.92 bits per heavy atom. The van der Waals surface area contributed by atoms with Crippen molar-refractivity contribution in [3.8, 4) is 11.5 Å². The van der Waals surface area contributed by atoms with Crippen LogP contribution in [-0.2, 0) is 13.2 Å². The molecule has 1 atom stereocenters. The van der Waals surface area contributed by atoms with E-state index in [-0.39, 0.29) is 6.04 Å². The van der Waals surface area contributed by atoms with Gasteiger partial charge in [-0.05, 0) is 36.2 Å². The van der Waals surface area contributed by atoms with Gasteiger partial charge in [0.15, 0.2) is 11.5 Å². The predicted octanol–water partition coefficient (Wildman–Crippen LogP) is 3.85. The first kappa shape index (κ1) is 17.0. The molecule has 130 valence electrons. The van der Waals surface area contributed by atoms with Crippen LogP contribution in [0.25, 0.3) is 0 Å². The van der Waals surface area contributed by atoms with Crippen LogP contribution in [0.3, 0.4) is 0 Å². The van der Waals surface area contributed by atoms with E-state index in [0.717, 1.165) is 34.9 Å². The molecule has 0 saturated heterocycles. The van der Waals surface area contributed by atoms with Gasteiger partial charge in [0.05, 0.1) is 7.11 Å². The molecule has 5 heteroatoms. The molecule has 0 aliphatic rings. The number of aromatic amines is 1. The third kappa shape index (κ3) is 4.61. The molecule has 0 radical (unpaired) electrons. The molecule has 25 heavy (non-hydrogen) atoms. The van der Waals surface area contributed by atoms with Crippen LogP contribution in [0.15, 0.2) is 60.8 Å². The molecule has 3 rings (SSSR count). The molecule has 0 saturated carbocycles. The Hall–Kier alpha value is -2.79. The van der Waals surface area contributed by atoms with Crippen LogP contribution in [0.5, 0.6) is 11.5 Å². The Bertz CT molecular complexity index is 773. The molecule has 2 N–H and O–H groups in total. The number of nitrogens with one attached hydrogen (secondary N) is 2. The average Bonchev–Trinajstić information content (AvgIpc) is 3.18. The van der Waals surface area contributed by atoms with Crippen LogP contribution in [-0.4, -0.2) is 17.3 Å². The molecule has 5 nitrogen and oxygen atoms in total. The number of ether oxygens (including phenoxy) is 2. The number of methoxy groups -OCH3 is 1. The topological polar surface area (TPSA) is 59.2 Å². The number of hydrogen-bond acceptors (Lipinski definition) is 4. The van der Waals surface area contributed by atoms with Crippen LogP contribution in [0, 0.1) is 0 Å². The van der Waals surface area contributed by atoms with E-state index in [1.165, 1.54) is 0 Å². The Labute approximate surface area is 148 Å². The van der Waals surface area contributed by atoms with Gasteiger partial charge in [-0.1, -0.05) is 36.4 Å². The Morgan fingerprint density at radius 3 is 2.64 bits per heavy atom. The van der Waals surface area contributed by atoms with Gasteiger partial charge < -0.3 is 14.8 Å². The van der Waals surface area contributed by atoms with Crippen molar-refractivity contribution in [1.82, 2.24) is 15.5 Å². The van der Waals surface area contributed by atoms with Crippen LogP contribution >= 0.6 is 0 Å². The quantitative estimate of drug-likeness (QED) is 0.655. The van der Waals surface area contributed by atoms with E-state index in [1.54, 1.807) is 13.3 Å². The summed E-state index contributed by atoms with van der Waals surface area (Å²) >= 11 is 0. The lowest BCUT2D eigenvalue weighted by Gasteiger charge is -2.17. The third-order valence-corrected chi connectivity index (χ3v) is 4.08. The lowest BCUT2D eigenvalue weighted by molar-refractivity contribution is 0.284. The summed E-state index contributed by atoms with van der Waals surface area (Å²) in [6.45, 7) is 3.37. The molecule has 1 aromatic heterocycles. The summed E-state index contributed by atoms with van der Waals surface area (Å²) in [6, 6.07) is 18.3. The van der Waals surface area contributed by atoms with Gasteiger partial charge in [-0.2, -0.15) is 5.10 Å². The first-order valence-electron chi connectivity index (χ1n) is 8.32. The van der Waals surface area contributed by atoms with Crippen molar-refractivity contribution in [2.45, 2.75) is 26.1 Å². The summed E-state index contributed by atoms with van der Waals surface area (Å²) in [5, 5.41) is 10.4. The van der Waals surface area contributed by atoms with E-state index >= 15 is 0 Å². The van der Waals surface area contributed by atoms with Gasteiger partial charge in [-0.25, -0.2) is 0 Å². The Balaban J connectivity index is 1.64. The summed E-state index contributed by atoms with van der Waals surface area (Å²) in [7, 11) is 1.66.